The van der Waals surface area contributed by atoms with Crippen LogP contribution in [0, 0.1) is 0 Å². The molecule has 2 amide bonds. The number of likely N-dealkylation sites (tertiary alicyclic amines) is 1. The van der Waals surface area contributed by atoms with Gasteiger partial charge in [0.15, 0.2) is 11.4 Å². The Kier molecular flexibility index (Phi) is 3.37. The van der Waals surface area contributed by atoms with Crippen LogP contribution in [0.3, 0.4) is 0 Å². The van der Waals surface area contributed by atoms with Gasteiger partial charge in [0.1, 0.15) is 12.4 Å². The van der Waals surface area contributed by atoms with Crippen molar-refractivity contribution in [3.8, 4) is 0 Å². The van der Waals surface area contributed by atoms with Crippen molar-refractivity contribution in [1.82, 2.24) is 24.4 Å². The summed E-state index contributed by atoms with van der Waals surface area (Å²) in [7, 11) is 0. The average Bonchev–Trinajstić information content (AvgIpc) is 3.49. The number of carbonyl (C=O) groups excluding carboxylic acids is 2. The van der Waals surface area contributed by atoms with Crippen molar-refractivity contribution in [1.29, 1.82) is 0 Å². The van der Waals surface area contributed by atoms with E-state index in [1.54, 1.807) is 27.7 Å². The predicted molar refractivity (Wildman–Crippen MR) is 102 cm³/mol. The van der Waals surface area contributed by atoms with Gasteiger partial charge >= 0.3 is 0 Å². The fourth-order valence-corrected chi connectivity index (χ4v) is 5.02. The first kappa shape index (κ1) is 16.7. The van der Waals surface area contributed by atoms with Crippen LogP contribution in [-0.2, 0) is 9.53 Å². The van der Waals surface area contributed by atoms with Gasteiger partial charge in [-0.1, -0.05) is 30.3 Å². The Balaban J connectivity index is 1.31. The molecule has 3 saturated heterocycles. The molecule has 1 aromatic carbocycles. The lowest BCUT2D eigenvalue weighted by Crippen LogP contribution is -2.48. The van der Waals surface area contributed by atoms with Gasteiger partial charge in [0.25, 0.3) is 5.91 Å². The molecule has 0 aliphatic carbocycles. The van der Waals surface area contributed by atoms with Crippen molar-refractivity contribution in [2.24, 2.45) is 0 Å². The minimum Gasteiger partial charge on any atom is -0.343 e. The number of nitrogens with zero attached hydrogens (tertiary/aromatic N) is 5. The lowest BCUT2D eigenvalue weighted by Gasteiger charge is -2.32. The number of amides is 2. The molecule has 3 aromatic rings. The molecule has 8 heteroatoms. The zero-order valence-electron chi connectivity index (χ0n) is 15.6. The van der Waals surface area contributed by atoms with Gasteiger partial charge in [0.2, 0.25) is 5.91 Å². The lowest BCUT2D eigenvalue weighted by molar-refractivity contribution is -0.138. The first-order chi connectivity index (χ1) is 14.2. The van der Waals surface area contributed by atoms with Gasteiger partial charge in [-0.25, -0.2) is 9.50 Å². The summed E-state index contributed by atoms with van der Waals surface area (Å²) in [5.74, 6) is -0.0525. The molecule has 0 bridgehead atoms. The standard InChI is InChI=1S/C21H19N5O3/c27-19-10-17-21(25(19)12-16(29-21)14-4-2-1-3-5-14)8-9-24(17)20(28)15-6-7-18-22-13-23-26(18)11-15/h1-7,11,13,16-17H,8-10,12H2/t16-,17+,21-/m0/s1. The molecule has 3 aliphatic rings. The first-order valence-corrected chi connectivity index (χ1v) is 9.79. The molecule has 6 rings (SSSR count). The number of aromatic nitrogens is 3. The van der Waals surface area contributed by atoms with E-state index in [1.165, 1.54) is 6.33 Å². The van der Waals surface area contributed by atoms with Gasteiger partial charge in [0, 0.05) is 19.2 Å². The van der Waals surface area contributed by atoms with Crippen LogP contribution in [0.5, 0.6) is 0 Å². The van der Waals surface area contributed by atoms with E-state index in [-0.39, 0.29) is 24.0 Å². The number of ether oxygens (including phenoxy) is 1. The molecule has 3 aliphatic heterocycles. The van der Waals surface area contributed by atoms with E-state index in [0.717, 1.165) is 5.56 Å². The SMILES string of the molecule is O=C(c1ccc2ncnn2c1)N1CC[C@@]23O[C@H](c4ccccc4)CN2C(=O)C[C@@H]13. The highest BCUT2D eigenvalue weighted by Gasteiger charge is 2.65. The number of hydrogen-bond acceptors (Lipinski definition) is 5. The van der Waals surface area contributed by atoms with Crippen molar-refractivity contribution in [2.75, 3.05) is 13.1 Å². The Labute approximate surface area is 166 Å². The van der Waals surface area contributed by atoms with Gasteiger partial charge in [0.05, 0.1) is 24.6 Å². The van der Waals surface area contributed by atoms with Crippen LogP contribution in [0.2, 0.25) is 0 Å². The highest BCUT2D eigenvalue weighted by atomic mass is 16.5. The van der Waals surface area contributed by atoms with Gasteiger partial charge < -0.3 is 14.5 Å². The number of benzene rings is 1. The Morgan fingerprint density at radius 2 is 2.03 bits per heavy atom. The van der Waals surface area contributed by atoms with E-state index in [2.05, 4.69) is 10.1 Å². The van der Waals surface area contributed by atoms with Crippen LogP contribution >= 0.6 is 0 Å². The third kappa shape index (κ3) is 2.29. The second-order valence-corrected chi connectivity index (χ2v) is 7.82. The fourth-order valence-electron chi connectivity index (χ4n) is 5.02. The summed E-state index contributed by atoms with van der Waals surface area (Å²) in [5.41, 5.74) is 1.56. The van der Waals surface area contributed by atoms with Gasteiger partial charge in [-0.2, -0.15) is 5.10 Å². The molecule has 0 N–H and O–H groups in total. The van der Waals surface area contributed by atoms with Gasteiger partial charge in [-0.3, -0.25) is 9.59 Å². The number of carbonyl (C=O) groups is 2. The van der Waals surface area contributed by atoms with E-state index in [4.69, 9.17) is 4.74 Å². The van der Waals surface area contributed by atoms with Crippen LogP contribution in [0.1, 0.15) is 34.9 Å². The van der Waals surface area contributed by atoms with E-state index in [9.17, 15) is 9.59 Å². The summed E-state index contributed by atoms with van der Waals surface area (Å²) in [6.07, 6.45) is 3.91. The Morgan fingerprint density at radius 1 is 1.17 bits per heavy atom. The number of rotatable bonds is 2. The highest BCUT2D eigenvalue weighted by Crippen LogP contribution is 2.50. The van der Waals surface area contributed by atoms with Crippen LogP contribution in [0.15, 0.2) is 55.0 Å². The monoisotopic (exact) mass is 389 g/mol. The maximum absolute atomic E-state index is 13.3. The fraction of sp³-hybridized carbons (Fsp3) is 0.333. The number of hydrogen-bond donors (Lipinski definition) is 0. The topological polar surface area (TPSA) is 80.0 Å². The molecular weight excluding hydrogens is 370 g/mol. The maximum atomic E-state index is 13.3. The van der Waals surface area contributed by atoms with Crippen LogP contribution < -0.4 is 0 Å². The largest absolute Gasteiger partial charge is 0.343 e. The molecule has 0 saturated carbocycles. The van der Waals surface area contributed by atoms with Crippen molar-refractivity contribution in [2.45, 2.75) is 30.7 Å². The smallest absolute Gasteiger partial charge is 0.255 e. The Hall–Kier alpha value is -3.26. The first-order valence-electron chi connectivity index (χ1n) is 9.79. The van der Waals surface area contributed by atoms with E-state index in [0.29, 0.717) is 37.1 Å². The number of fused-ring (bicyclic) bond motifs is 1. The highest BCUT2D eigenvalue weighted by molar-refractivity contribution is 5.96. The summed E-state index contributed by atoms with van der Waals surface area (Å²) in [4.78, 5) is 33.8. The summed E-state index contributed by atoms with van der Waals surface area (Å²) in [5, 5.41) is 4.11. The van der Waals surface area contributed by atoms with Crippen molar-refractivity contribution in [3.63, 3.8) is 0 Å². The molecule has 1 spiro atoms. The quantitative estimate of drug-likeness (QED) is 0.666. The van der Waals surface area contributed by atoms with E-state index >= 15 is 0 Å². The minimum absolute atomic E-state index is 0.0534. The Bertz CT molecular complexity index is 1130. The maximum Gasteiger partial charge on any atom is 0.255 e. The van der Waals surface area contributed by atoms with Crippen LogP contribution in [0.25, 0.3) is 5.65 Å². The molecule has 5 heterocycles. The molecule has 29 heavy (non-hydrogen) atoms. The molecule has 0 unspecified atom stereocenters. The number of pyridine rings is 1. The lowest BCUT2D eigenvalue weighted by atomic mass is 10.1. The van der Waals surface area contributed by atoms with Crippen molar-refractivity contribution >= 4 is 17.5 Å². The molecule has 146 valence electrons. The second-order valence-electron chi connectivity index (χ2n) is 7.82. The predicted octanol–water partition coefficient (Wildman–Crippen LogP) is 1.64. The molecule has 2 aromatic heterocycles. The molecule has 3 atom stereocenters. The van der Waals surface area contributed by atoms with Crippen molar-refractivity contribution in [3.05, 3.63) is 66.1 Å². The average molecular weight is 389 g/mol. The summed E-state index contributed by atoms with van der Waals surface area (Å²) < 4.78 is 8.10. The second kappa shape index (κ2) is 5.87. The molecule has 3 fully saturated rings. The molecule has 0 radical (unpaired) electrons. The van der Waals surface area contributed by atoms with Crippen LogP contribution in [0.4, 0.5) is 0 Å². The summed E-state index contributed by atoms with van der Waals surface area (Å²) in [6, 6.07) is 13.2. The molecular formula is C21H19N5O3. The Morgan fingerprint density at radius 3 is 2.90 bits per heavy atom. The zero-order chi connectivity index (χ0) is 19.6. The summed E-state index contributed by atoms with van der Waals surface area (Å²) >= 11 is 0. The van der Waals surface area contributed by atoms with Crippen molar-refractivity contribution < 1.29 is 14.3 Å². The normalized spacial score (nSPS) is 28.2. The third-order valence-electron chi connectivity index (χ3n) is 6.38. The third-order valence-corrected chi connectivity index (χ3v) is 6.38. The zero-order valence-corrected chi connectivity index (χ0v) is 15.6. The van der Waals surface area contributed by atoms with Gasteiger partial charge in [-0.15, -0.1) is 0 Å². The summed E-state index contributed by atoms with van der Waals surface area (Å²) in [6.45, 7) is 1.09. The molecule has 8 nitrogen and oxygen atoms in total. The van der Waals surface area contributed by atoms with E-state index in [1.807, 2.05) is 35.2 Å². The van der Waals surface area contributed by atoms with E-state index < -0.39 is 5.72 Å². The minimum atomic E-state index is -0.718. The van der Waals surface area contributed by atoms with Gasteiger partial charge in [-0.05, 0) is 17.7 Å². The van der Waals surface area contributed by atoms with Crippen LogP contribution in [-0.4, -0.2) is 61.1 Å².